The van der Waals surface area contributed by atoms with Crippen molar-refractivity contribution in [3.63, 3.8) is 0 Å². The summed E-state index contributed by atoms with van der Waals surface area (Å²) in [4.78, 5) is 14.8. The summed E-state index contributed by atoms with van der Waals surface area (Å²) in [6.45, 7) is 2.06. The predicted octanol–water partition coefficient (Wildman–Crippen LogP) is -0.483. The van der Waals surface area contributed by atoms with Crippen molar-refractivity contribution in [1.82, 2.24) is 10.2 Å². The van der Waals surface area contributed by atoms with Gasteiger partial charge in [-0.15, -0.1) is 0 Å². The number of carbonyl (C=O) groups is 1. The van der Waals surface area contributed by atoms with E-state index >= 15 is 0 Å². The Morgan fingerprint density at radius 3 is 2.67 bits per heavy atom. The van der Waals surface area contributed by atoms with Gasteiger partial charge in [0.1, 0.15) is 25.0 Å². The van der Waals surface area contributed by atoms with Gasteiger partial charge in [-0.3, -0.25) is 10.2 Å². The van der Waals surface area contributed by atoms with Crippen LogP contribution in [0, 0.1) is 5.92 Å². The Balaban J connectivity index is 1.50. The van der Waals surface area contributed by atoms with Gasteiger partial charge < -0.3 is 25.0 Å². The topological polar surface area (TPSA) is 96.3 Å². The minimum atomic E-state index is -0.860. The second-order valence-corrected chi connectivity index (χ2v) is 7.00. The highest BCUT2D eigenvalue weighted by atomic mass is 16.3. The number of piperidine rings is 1. The second kappa shape index (κ2) is 6.09. The van der Waals surface area contributed by atoms with Crippen molar-refractivity contribution in [2.24, 2.45) is 5.92 Å². The van der Waals surface area contributed by atoms with Crippen molar-refractivity contribution in [1.29, 1.82) is 0 Å². The zero-order chi connectivity index (χ0) is 16.8. The third-order valence-electron chi connectivity index (χ3n) is 5.43. The van der Waals surface area contributed by atoms with Crippen molar-refractivity contribution in [2.45, 2.75) is 44.1 Å². The molecule has 2 saturated heterocycles. The van der Waals surface area contributed by atoms with Gasteiger partial charge in [0.15, 0.2) is 0 Å². The first-order valence-electron chi connectivity index (χ1n) is 8.46. The largest absolute Gasteiger partial charge is 0.379 e. The van der Waals surface area contributed by atoms with Crippen LogP contribution in [0.15, 0.2) is 18.2 Å². The monoisotopic (exact) mass is 333 g/mol. The Hall–Kier alpha value is -1.51. The summed E-state index contributed by atoms with van der Waals surface area (Å²) in [5.41, 5.74) is 2.98. The number of hydrogen-bond donors (Lipinski definition) is 4. The molecule has 1 aromatic carbocycles. The van der Waals surface area contributed by atoms with E-state index < -0.39 is 18.7 Å². The second-order valence-electron chi connectivity index (χ2n) is 7.00. The first-order valence-corrected chi connectivity index (χ1v) is 8.46. The molecular formula is C17H23N3O4. The molecule has 1 aromatic rings. The van der Waals surface area contributed by atoms with Gasteiger partial charge in [-0.1, -0.05) is 6.07 Å². The quantitative estimate of drug-likeness (QED) is 0.555. The molecule has 0 bridgehead atoms. The minimum Gasteiger partial charge on any atom is -0.379 e. The predicted molar refractivity (Wildman–Crippen MR) is 86.9 cm³/mol. The van der Waals surface area contributed by atoms with Gasteiger partial charge in [0.2, 0.25) is 0 Å². The first-order chi connectivity index (χ1) is 11.6. The number of aliphatic hydroxyl groups is 3. The molecule has 3 aliphatic heterocycles. The molecule has 4 atom stereocenters. The maximum absolute atomic E-state index is 10.8. The number of nitrogens with zero attached hydrogens (tertiary/aromatic N) is 2. The summed E-state index contributed by atoms with van der Waals surface area (Å²) in [6, 6.07) is 5.74. The van der Waals surface area contributed by atoms with E-state index in [9.17, 15) is 20.1 Å². The lowest BCUT2D eigenvalue weighted by Gasteiger charge is -2.39. The third-order valence-corrected chi connectivity index (χ3v) is 5.43. The molecule has 0 aromatic heterocycles. The molecule has 4 rings (SSSR count). The van der Waals surface area contributed by atoms with Crippen molar-refractivity contribution < 1.29 is 20.1 Å². The van der Waals surface area contributed by atoms with E-state index in [1.807, 2.05) is 17.0 Å². The van der Waals surface area contributed by atoms with Crippen LogP contribution in [-0.2, 0) is 11.3 Å². The van der Waals surface area contributed by atoms with E-state index in [0.29, 0.717) is 19.4 Å². The van der Waals surface area contributed by atoms with Gasteiger partial charge in [-0.2, -0.15) is 0 Å². The fraction of sp³-hybridized carbons (Fsp3) is 0.588. The Bertz CT molecular complexity index is 634. The van der Waals surface area contributed by atoms with E-state index in [-0.39, 0.29) is 12.0 Å². The van der Waals surface area contributed by atoms with Gasteiger partial charge in [-0.05, 0) is 36.1 Å². The molecule has 7 nitrogen and oxygen atoms in total. The van der Waals surface area contributed by atoms with Gasteiger partial charge in [0, 0.05) is 31.2 Å². The molecule has 7 heteroatoms. The van der Waals surface area contributed by atoms with Gasteiger partial charge in [0.25, 0.3) is 0 Å². The fourth-order valence-corrected chi connectivity index (χ4v) is 3.97. The SMILES string of the molecule is O=CC1CN(c2ccc3c(c2)CN(C2CCC(O)NC2O)C3O)C1. The summed E-state index contributed by atoms with van der Waals surface area (Å²) in [5, 5.41) is 33.1. The van der Waals surface area contributed by atoms with E-state index in [0.717, 1.165) is 36.2 Å². The number of anilines is 1. The van der Waals surface area contributed by atoms with Crippen LogP contribution in [0.1, 0.15) is 30.2 Å². The molecule has 24 heavy (non-hydrogen) atoms. The maximum atomic E-state index is 10.8. The summed E-state index contributed by atoms with van der Waals surface area (Å²) in [7, 11) is 0. The average Bonchev–Trinajstić information content (AvgIpc) is 2.83. The zero-order valence-corrected chi connectivity index (χ0v) is 13.4. The molecule has 3 heterocycles. The van der Waals surface area contributed by atoms with Crippen molar-refractivity contribution in [2.75, 3.05) is 18.0 Å². The highest BCUT2D eigenvalue weighted by Crippen LogP contribution is 2.38. The lowest BCUT2D eigenvalue weighted by molar-refractivity contribution is -0.111. The van der Waals surface area contributed by atoms with Crippen LogP contribution in [0.5, 0.6) is 0 Å². The Kier molecular flexibility index (Phi) is 4.06. The van der Waals surface area contributed by atoms with Crippen LogP contribution < -0.4 is 10.2 Å². The molecule has 0 aliphatic carbocycles. The molecule has 4 N–H and O–H groups in total. The number of aldehydes is 1. The number of nitrogens with one attached hydrogen (secondary N) is 1. The number of benzene rings is 1. The van der Waals surface area contributed by atoms with E-state index in [1.165, 1.54) is 0 Å². The first kappa shape index (κ1) is 16.0. The zero-order valence-electron chi connectivity index (χ0n) is 13.4. The number of rotatable bonds is 3. The van der Waals surface area contributed by atoms with Crippen molar-refractivity contribution in [3.05, 3.63) is 29.3 Å². The average molecular weight is 333 g/mol. The molecule has 0 amide bonds. The van der Waals surface area contributed by atoms with Crippen molar-refractivity contribution in [3.8, 4) is 0 Å². The van der Waals surface area contributed by atoms with Crippen LogP contribution in [0.4, 0.5) is 5.69 Å². The van der Waals surface area contributed by atoms with E-state index in [1.54, 1.807) is 0 Å². The lowest BCUT2D eigenvalue weighted by atomic mass is 9.99. The molecule has 4 unspecified atom stereocenters. The van der Waals surface area contributed by atoms with Gasteiger partial charge in [-0.25, -0.2) is 0 Å². The summed E-state index contributed by atoms with van der Waals surface area (Å²) in [6.07, 6.45) is -0.123. The maximum Gasteiger partial charge on any atom is 0.134 e. The summed E-state index contributed by atoms with van der Waals surface area (Å²) >= 11 is 0. The number of aliphatic hydroxyl groups excluding tert-OH is 3. The Morgan fingerprint density at radius 2 is 1.96 bits per heavy atom. The molecule has 3 aliphatic rings. The molecule has 2 fully saturated rings. The fourth-order valence-electron chi connectivity index (χ4n) is 3.97. The summed E-state index contributed by atoms with van der Waals surface area (Å²) < 4.78 is 0. The normalized spacial score (nSPS) is 34.0. The third kappa shape index (κ3) is 2.62. The standard InChI is InChI=1S/C17H23N3O4/c21-9-10-6-19(7-10)12-1-2-13-11(5-12)8-20(17(13)24)14-3-4-15(22)18-16(14)23/h1-2,5,9-10,14-18,22-24H,3-4,6-8H2. The summed E-state index contributed by atoms with van der Waals surface area (Å²) in [5.74, 6) is 0.121. The minimum absolute atomic E-state index is 0.121. The lowest BCUT2D eigenvalue weighted by Crippen LogP contribution is -2.56. The number of fused-ring (bicyclic) bond motifs is 1. The Labute approximate surface area is 140 Å². The smallest absolute Gasteiger partial charge is 0.134 e. The van der Waals surface area contributed by atoms with Crippen LogP contribution in [0.2, 0.25) is 0 Å². The molecule has 0 saturated carbocycles. The van der Waals surface area contributed by atoms with Gasteiger partial charge >= 0.3 is 0 Å². The van der Waals surface area contributed by atoms with E-state index in [2.05, 4.69) is 16.3 Å². The van der Waals surface area contributed by atoms with Crippen LogP contribution in [-0.4, -0.2) is 58.1 Å². The van der Waals surface area contributed by atoms with Crippen LogP contribution in [0.25, 0.3) is 0 Å². The van der Waals surface area contributed by atoms with Crippen molar-refractivity contribution >= 4 is 12.0 Å². The molecule has 130 valence electrons. The van der Waals surface area contributed by atoms with Crippen LogP contribution in [0.3, 0.4) is 0 Å². The van der Waals surface area contributed by atoms with Crippen LogP contribution >= 0.6 is 0 Å². The molecule has 0 spiro atoms. The van der Waals surface area contributed by atoms with E-state index in [4.69, 9.17) is 0 Å². The molecular weight excluding hydrogens is 310 g/mol. The Morgan fingerprint density at radius 1 is 1.17 bits per heavy atom. The highest BCUT2D eigenvalue weighted by Gasteiger charge is 2.40. The number of carbonyl (C=O) groups excluding carboxylic acids is 1. The molecule has 0 radical (unpaired) electrons. The number of hydrogen-bond acceptors (Lipinski definition) is 7. The highest BCUT2D eigenvalue weighted by molar-refractivity contribution is 5.63. The van der Waals surface area contributed by atoms with Gasteiger partial charge in [0.05, 0.1) is 6.04 Å².